The molecule has 2 heterocycles. The summed E-state index contributed by atoms with van der Waals surface area (Å²) in [6, 6.07) is 5.52. The molecule has 0 spiro atoms. The number of nitrogens with zero attached hydrogens (tertiary/aromatic N) is 2. The third kappa shape index (κ3) is 2.74. The highest BCUT2D eigenvalue weighted by Crippen LogP contribution is 2.26. The minimum atomic E-state index is -0.273. The number of fused-ring (bicyclic) bond motifs is 1. The highest BCUT2D eigenvalue weighted by Gasteiger charge is 2.19. The van der Waals surface area contributed by atoms with E-state index in [-0.39, 0.29) is 23.6 Å². The van der Waals surface area contributed by atoms with E-state index in [1.165, 1.54) is 18.6 Å². The molecule has 0 saturated carbocycles. The van der Waals surface area contributed by atoms with Crippen molar-refractivity contribution in [1.82, 2.24) is 15.3 Å². The molecule has 0 aliphatic carbocycles. The molecule has 1 aromatic heterocycles. The lowest BCUT2D eigenvalue weighted by molar-refractivity contribution is -0.115. The Balaban J connectivity index is 1.74. The van der Waals surface area contributed by atoms with Crippen LogP contribution in [0.1, 0.15) is 34.6 Å². The van der Waals surface area contributed by atoms with Crippen LogP contribution in [0, 0.1) is 0 Å². The molecule has 0 bridgehead atoms. The number of rotatable bonds is 3. The fourth-order valence-corrected chi connectivity index (χ4v) is 2.29. The smallest absolute Gasteiger partial charge is 0.271 e. The van der Waals surface area contributed by atoms with Crippen molar-refractivity contribution in [2.45, 2.75) is 19.4 Å². The minimum absolute atomic E-state index is 0.00148. The zero-order valence-corrected chi connectivity index (χ0v) is 11.5. The summed E-state index contributed by atoms with van der Waals surface area (Å²) >= 11 is 0. The summed E-state index contributed by atoms with van der Waals surface area (Å²) in [7, 11) is 0. The van der Waals surface area contributed by atoms with E-state index in [0.29, 0.717) is 6.42 Å². The van der Waals surface area contributed by atoms with Gasteiger partial charge in [0.1, 0.15) is 5.69 Å². The monoisotopic (exact) mass is 282 g/mol. The predicted molar refractivity (Wildman–Crippen MR) is 76.7 cm³/mol. The van der Waals surface area contributed by atoms with Crippen molar-refractivity contribution in [1.29, 1.82) is 0 Å². The molecule has 1 aromatic carbocycles. The van der Waals surface area contributed by atoms with Gasteiger partial charge in [-0.3, -0.25) is 14.6 Å². The summed E-state index contributed by atoms with van der Waals surface area (Å²) in [6.45, 7) is 1.89. The molecule has 3 rings (SSSR count). The molecule has 0 radical (unpaired) electrons. The van der Waals surface area contributed by atoms with Crippen LogP contribution in [-0.4, -0.2) is 21.8 Å². The third-order valence-corrected chi connectivity index (χ3v) is 3.40. The van der Waals surface area contributed by atoms with Crippen LogP contribution in [0.4, 0.5) is 5.69 Å². The fraction of sp³-hybridized carbons (Fsp3) is 0.200. The highest BCUT2D eigenvalue weighted by molar-refractivity contribution is 5.99. The van der Waals surface area contributed by atoms with Crippen molar-refractivity contribution in [3.8, 4) is 0 Å². The Morgan fingerprint density at radius 3 is 3.00 bits per heavy atom. The van der Waals surface area contributed by atoms with E-state index in [1.54, 1.807) is 0 Å². The van der Waals surface area contributed by atoms with E-state index in [1.807, 2.05) is 25.1 Å². The van der Waals surface area contributed by atoms with E-state index in [4.69, 9.17) is 0 Å². The topological polar surface area (TPSA) is 84.0 Å². The molecule has 2 N–H and O–H groups in total. The van der Waals surface area contributed by atoms with Gasteiger partial charge in [-0.05, 0) is 24.1 Å². The summed E-state index contributed by atoms with van der Waals surface area (Å²) in [6.07, 6.45) is 4.80. The maximum Gasteiger partial charge on any atom is 0.271 e. The van der Waals surface area contributed by atoms with E-state index in [2.05, 4.69) is 20.6 Å². The summed E-state index contributed by atoms with van der Waals surface area (Å²) in [4.78, 5) is 31.2. The van der Waals surface area contributed by atoms with Gasteiger partial charge in [0.05, 0.1) is 18.7 Å². The second-order valence-electron chi connectivity index (χ2n) is 4.93. The average molecular weight is 282 g/mol. The number of carbonyl (C=O) groups excluding carboxylic acids is 2. The maximum absolute atomic E-state index is 12.0. The van der Waals surface area contributed by atoms with Gasteiger partial charge in [0.25, 0.3) is 5.91 Å². The number of benzene rings is 1. The summed E-state index contributed by atoms with van der Waals surface area (Å²) < 4.78 is 0. The Hall–Kier alpha value is -2.76. The molecule has 1 aliphatic heterocycles. The van der Waals surface area contributed by atoms with E-state index in [9.17, 15) is 9.59 Å². The van der Waals surface area contributed by atoms with Gasteiger partial charge in [-0.2, -0.15) is 0 Å². The standard InChI is InChI=1S/C15H14N4O2/c1-9(18-15(21)13-8-16-4-5-17-13)10-2-3-12-11(6-10)7-14(20)19-12/h2-6,8-9H,7H2,1H3,(H,18,21)(H,19,20)/t9-/m0/s1. The Morgan fingerprint density at radius 1 is 1.38 bits per heavy atom. The van der Waals surface area contributed by atoms with Gasteiger partial charge in [-0.1, -0.05) is 12.1 Å². The Labute approximate surface area is 121 Å². The molecule has 6 heteroatoms. The second-order valence-corrected chi connectivity index (χ2v) is 4.93. The van der Waals surface area contributed by atoms with Crippen LogP contribution in [0.2, 0.25) is 0 Å². The van der Waals surface area contributed by atoms with Crippen molar-refractivity contribution in [2.75, 3.05) is 5.32 Å². The highest BCUT2D eigenvalue weighted by atomic mass is 16.2. The Morgan fingerprint density at radius 2 is 2.24 bits per heavy atom. The zero-order chi connectivity index (χ0) is 14.8. The quantitative estimate of drug-likeness (QED) is 0.892. The molecule has 2 aromatic rings. The molecule has 0 saturated heterocycles. The lowest BCUT2D eigenvalue weighted by atomic mass is 10.0. The third-order valence-electron chi connectivity index (χ3n) is 3.40. The number of amides is 2. The zero-order valence-electron chi connectivity index (χ0n) is 11.5. The van der Waals surface area contributed by atoms with Gasteiger partial charge in [-0.15, -0.1) is 0 Å². The van der Waals surface area contributed by atoms with Crippen LogP contribution in [-0.2, 0) is 11.2 Å². The molecule has 6 nitrogen and oxygen atoms in total. The number of hydrogen-bond donors (Lipinski definition) is 2. The summed E-state index contributed by atoms with van der Waals surface area (Å²) in [5, 5.41) is 5.65. The number of aromatic nitrogens is 2. The molecule has 0 unspecified atom stereocenters. The van der Waals surface area contributed by atoms with Crippen LogP contribution < -0.4 is 10.6 Å². The molecule has 1 aliphatic rings. The SMILES string of the molecule is C[C@H](NC(=O)c1cnccn1)c1ccc2c(c1)CC(=O)N2. The van der Waals surface area contributed by atoms with Crippen molar-refractivity contribution in [2.24, 2.45) is 0 Å². The molecule has 0 fully saturated rings. The lowest BCUT2D eigenvalue weighted by Crippen LogP contribution is -2.27. The van der Waals surface area contributed by atoms with Crippen molar-refractivity contribution >= 4 is 17.5 Å². The largest absolute Gasteiger partial charge is 0.344 e. The van der Waals surface area contributed by atoms with Gasteiger partial charge >= 0.3 is 0 Å². The number of anilines is 1. The number of hydrogen-bond acceptors (Lipinski definition) is 4. The van der Waals surface area contributed by atoms with Crippen LogP contribution in [0.5, 0.6) is 0 Å². The van der Waals surface area contributed by atoms with Gasteiger partial charge in [0.15, 0.2) is 0 Å². The van der Waals surface area contributed by atoms with Gasteiger partial charge in [0.2, 0.25) is 5.91 Å². The first-order valence-electron chi connectivity index (χ1n) is 6.63. The van der Waals surface area contributed by atoms with Crippen LogP contribution in [0.25, 0.3) is 0 Å². The van der Waals surface area contributed by atoms with Crippen molar-refractivity contribution in [3.63, 3.8) is 0 Å². The van der Waals surface area contributed by atoms with Gasteiger partial charge < -0.3 is 10.6 Å². The van der Waals surface area contributed by atoms with Crippen molar-refractivity contribution < 1.29 is 9.59 Å². The van der Waals surface area contributed by atoms with Crippen LogP contribution in [0.15, 0.2) is 36.8 Å². The number of carbonyl (C=O) groups is 2. The van der Waals surface area contributed by atoms with Gasteiger partial charge in [-0.25, -0.2) is 4.98 Å². The normalized spacial score (nSPS) is 14.2. The van der Waals surface area contributed by atoms with E-state index < -0.39 is 0 Å². The average Bonchev–Trinajstić information content (AvgIpc) is 2.87. The molecule has 2 amide bonds. The summed E-state index contributed by atoms with van der Waals surface area (Å²) in [5.74, 6) is -0.274. The van der Waals surface area contributed by atoms with Crippen molar-refractivity contribution in [3.05, 3.63) is 53.6 Å². The Kier molecular flexibility index (Phi) is 3.35. The van der Waals surface area contributed by atoms with E-state index in [0.717, 1.165) is 16.8 Å². The molecular formula is C15H14N4O2. The molecule has 1 atom stereocenters. The molecule has 21 heavy (non-hydrogen) atoms. The first kappa shape index (κ1) is 13.2. The maximum atomic E-state index is 12.0. The van der Waals surface area contributed by atoms with Crippen LogP contribution in [0.3, 0.4) is 0 Å². The predicted octanol–water partition coefficient (Wildman–Crippen LogP) is 1.46. The minimum Gasteiger partial charge on any atom is -0.344 e. The second kappa shape index (κ2) is 5.32. The molecular weight excluding hydrogens is 268 g/mol. The lowest BCUT2D eigenvalue weighted by Gasteiger charge is -2.15. The first-order chi connectivity index (χ1) is 10.1. The fourth-order valence-electron chi connectivity index (χ4n) is 2.29. The summed E-state index contributed by atoms with van der Waals surface area (Å²) in [5.41, 5.74) is 3.03. The van der Waals surface area contributed by atoms with E-state index >= 15 is 0 Å². The van der Waals surface area contributed by atoms with Crippen LogP contribution >= 0.6 is 0 Å². The molecule has 106 valence electrons. The first-order valence-corrected chi connectivity index (χ1v) is 6.63. The Bertz CT molecular complexity index is 700. The number of nitrogens with one attached hydrogen (secondary N) is 2. The van der Waals surface area contributed by atoms with Gasteiger partial charge in [0, 0.05) is 18.1 Å².